The molecule has 2 heterocycles. The third-order valence-corrected chi connectivity index (χ3v) is 7.75. The molecule has 9 nitrogen and oxygen atoms in total. The van der Waals surface area contributed by atoms with Crippen molar-refractivity contribution < 1.29 is 27.8 Å². The monoisotopic (exact) mass is 582 g/mol. The van der Waals surface area contributed by atoms with Crippen molar-refractivity contribution >= 4 is 17.6 Å². The average molecular weight is 583 g/mol. The van der Waals surface area contributed by atoms with Crippen LogP contribution in [0.25, 0.3) is 11.3 Å². The fraction of sp³-hybridized carbons (Fsp3) is 0.419. The fourth-order valence-corrected chi connectivity index (χ4v) is 4.98. The van der Waals surface area contributed by atoms with E-state index in [9.17, 15) is 23.2 Å². The highest BCUT2D eigenvalue weighted by Gasteiger charge is 2.29. The lowest BCUT2D eigenvalue weighted by Gasteiger charge is -2.25. The standard InChI is InChI=1S/C31H36F2N4O5/c1-7-16(2)34-20-14-23(32)26(24(33)15-20)29(38)36-25(31(40)41-6)13-19-10-11-22(28-21(19)9-8-12-42-28)27-30(39)37(5)18(4)17(3)35-27/h10-11,14-16,25,34H,7-9,12-13H2,1-6H3,(H,36,38)/t16-,25-/m0/s1. The number of hydrogen-bond acceptors (Lipinski definition) is 7. The van der Waals surface area contributed by atoms with Gasteiger partial charge in [-0.1, -0.05) is 13.0 Å². The molecular weight excluding hydrogens is 546 g/mol. The molecule has 0 radical (unpaired) electrons. The van der Waals surface area contributed by atoms with Gasteiger partial charge in [-0.15, -0.1) is 0 Å². The largest absolute Gasteiger partial charge is 0.493 e. The maximum absolute atomic E-state index is 14.9. The molecule has 3 aromatic rings. The first-order valence-corrected chi connectivity index (χ1v) is 13.9. The second-order valence-corrected chi connectivity index (χ2v) is 10.5. The molecule has 1 aliphatic rings. The summed E-state index contributed by atoms with van der Waals surface area (Å²) in [6.45, 7) is 7.87. The van der Waals surface area contributed by atoms with Crippen LogP contribution in [0.5, 0.6) is 5.75 Å². The molecule has 2 N–H and O–H groups in total. The van der Waals surface area contributed by atoms with Gasteiger partial charge in [0.05, 0.1) is 19.4 Å². The van der Waals surface area contributed by atoms with E-state index in [1.165, 1.54) is 11.7 Å². The zero-order valence-corrected chi connectivity index (χ0v) is 24.7. The number of esters is 1. The third-order valence-electron chi connectivity index (χ3n) is 7.75. The molecule has 42 heavy (non-hydrogen) atoms. The molecule has 1 aromatic heterocycles. The lowest BCUT2D eigenvalue weighted by molar-refractivity contribution is -0.142. The van der Waals surface area contributed by atoms with E-state index in [-0.39, 0.29) is 29.4 Å². The molecule has 0 saturated carbocycles. The van der Waals surface area contributed by atoms with Crippen LogP contribution >= 0.6 is 0 Å². The lowest BCUT2D eigenvalue weighted by Crippen LogP contribution is -2.43. The van der Waals surface area contributed by atoms with Crippen molar-refractivity contribution in [1.82, 2.24) is 14.9 Å². The molecule has 2 aromatic carbocycles. The van der Waals surface area contributed by atoms with Gasteiger partial charge in [0.15, 0.2) is 0 Å². The number of amides is 1. The molecule has 0 unspecified atom stereocenters. The second-order valence-electron chi connectivity index (χ2n) is 10.5. The molecule has 4 rings (SSSR count). The Morgan fingerprint density at radius 2 is 1.88 bits per heavy atom. The first kappa shape index (κ1) is 30.7. The summed E-state index contributed by atoms with van der Waals surface area (Å²) in [5.74, 6) is -3.49. The minimum Gasteiger partial charge on any atom is -0.493 e. The van der Waals surface area contributed by atoms with Gasteiger partial charge in [0.25, 0.3) is 11.5 Å². The first-order valence-electron chi connectivity index (χ1n) is 13.9. The van der Waals surface area contributed by atoms with E-state index in [0.717, 1.165) is 29.8 Å². The van der Waals surface area contributed by atoms with E-state index < -0.39 is 35.1 Å². The summed E-state index contributed by atoms with van der Waals surface area (Å²) < 4.78 is 42.3. The Kier molecular flexibility index (Phi) is 9.28. The predicted molar refractivity (Wildman–Crippen MR) is 155 cm³/mol. The highest BCUT2D eigenvalue weighted by Crippen LogP contribution is 2.37. The smallest absolute Gasteiger partial charge is 0.328 e. The molecule has 0 bridgehead atoms. The molecule has 11 heteroatoms. The maximum Gasteiger partial charge on any atom is 0.328 e. The van der Waals surface area contributed by atoms with Crippen LogP contribution in [0.3, 0.4) is 0 Å². The van der Waals surface area contributed by atoms with Crippen molar-refractivity contribution in [3.05, 3.63) is 74.3 Å². The number of benzene rings is 2. The van der Waals surface area contributed by atoms with Crippen molar-refractivity contribution in [1.29, 1.82) is 0 Å². The van der Waals surface area contributed by atoms with Crippen molar-refractivity contribution in [2.24, 2.45) is 7.05 Å². The van der Waals surface area contributed by atoms with Gasteiger partial charge in [-0.3, -0.25) is 9.59 Å². The SMILES string of the molecule is CC[C@H](C)Nc1cc(F)c(C(=O)N[C@@H](Cc2ccc(-c3nc(C)c(C)n(C)c3=O)c3c2CCCO3)C(=O)OC)c(F)c1. The summed E-state index contributed by atoms with van der Waals surface area (Å²) in [6.07, 6.45) is 2.00. The third kappa shape index (κ3) is 6.14. The van der Waals surface area contributed by atoms with Crippen LogP contribution in [0.1, 0.15) is 59.6 Å². The molecule has 0 saturated heterocycles. The average Bonchev–Trinajstić information content (AvgIpc) is 2.97. The Balaban J connectivity index is 1.67. The van der Waals surface area contributed by atoms with E-state index in [0.29, 0.717) is 42.0 Å². The van der Waals surface area contributed by atoms with Crippen LogP contribution in [0.2, 0.25) is 0 Å². The Labute approximate surface area is 243 Å². The molecule has 0 fully saturated rings. The number of fused-ring (bicyclic) bond motifs is 1. The Morgan fingerprint density at radius 3 is 2.52 bits per heavy atom. The van der Waals surface area contributed by atoms with Crippen LogP contribution in [-0.4, -0.2) is 47.2 Å². The summed E-state index contributed by atoms with van der Waals surface area (Å²) in [5.41, 5.74) is 2.82. The number of anilines is 1. The summed E-state index contributed by atoms with van der Waals surface area (Å²) in [6, 6.07) is 4.28. The van der Waals surface area contributed by atoms with Crippen molar-refractivity contribution in [2.75, 3.05) is 19.0 Å². The number of ether oxygens (including phenoxy) is 2. The number of methoxy groups -OCH3 is 1. The van der Waals surface area contributed by atoms with E-state index in [2.05, 4.69) is 15.6 Å². The highest BCUT2D eigenvalue weighted by atomic mass is 19.1. The number of aromatic nitrogens is 2. The first-order chi connectivity index (χ1) is 20.0. The molecule has 2 atom stereocenters. The minimum atomic E-state index is -1.25. The van der Waals surface area contributed by atoms with Gasteiger partial charge in [-0.2, -0.15) is 0 Å². The fourth-order valence-electron chi connectivity index (χ4n) is 4.98. The van der Waals surface area contributed by atoms with Gasteiger partial charge in [0.2, 0.25) is 0 Å². The Morgan fingerprint density at radius 1 is 1.19 bits per heavy atom. The predicted octanol–water partition coefficient (Wildman–Crippen LogP) is 4.39. The summed E-state index contributed by atoms with van der Waals surface area (Å²) >= 11 is 0. The van der Waals surface area contributed by atoms with E-state index in [1.807, 2.05) is 27.7 Å². The minimum absolute atomic E-state index is 0.0257. The van der Waals surface area contributed by atoms with Crippen molar-refractivity contribution in [2.45, 2.75) is 65.5 Å². The van der Waals surface area contributed by atoms with Crippen LogP contribution < -0.4 is 20.9 Å². The van der Waals surface area contributed by atoms with Gasteiger partial charge in [0, 0.05) is 36.5 Å². The van der Waals surface area contributed by atoms with Crippen LogP contribution in [0.15, 0.2) is 29.1 Å². The quantitative estimate of drug-likeness (QED) is 0.360. The number of halogens is 2. The highest BCUT2D eigenvalue weighted by molar-refractivity contribution is 5.97. The molecule has 224 valence electrons. The van der Waals surface area contributed by atoms with Gasteiger partial charge in [-0.05, 0) is 69.4 Å². The van der Waals surface area contributed by atoms with Gasteiger partial charge in [-0.25, -0.2) is 18.6 Å². The number of rotatable bonds is 9. The normalized spacial score (nSPS) is 13.9. The van der Waals surface area contributed by atoms with Gasteiger partial charge >= 0.3 is 5.97 Å². The van der Waals surface area contributed by atoms with E-state index in [4.69, 9.17) is 9.47 Å². The summed E-state index contributed by atoms with van der Waals surface area (Å²) in [5, 5.41) is 5.42. The van der Waals surface area contributed by atoms with E-state index in [1.54, 1.807) is 19.2 Å². The zero-order valence-electron chi connectivity index (χ0n) is 24.7. The summed E-state index contributed by atoms with van der Waals surface area (Å²) in [7, 11) is 2.85. The number of hydrogen-bond donors (Lipinski definition) is 2. The van der Waals surface area contributed by atoms with E-state index >= 15 is 0 Å². The lowest BCUT2D eigenvalue weighted by atomic mass is 9.91. The molecular formula is C31H36F2N4O5. The molecule has 1 amide bonds. The second kappa shape index (κ2) is 12.7. The molecule has 0 spiro atoms. The number of nitrogens with zero attached hydrogens (tertiary/aromatic N) is 2. The van der Waals surface area contributed by atoms with Gasteiger partial charge < -0.3 is 24.7 Å². The molecule has 0 aliphatic carbocycles. The van der Waals surface area contributed by atoms with Crippen molar-refractivity contribution in [3.63, 3.8) is 0 Å². The number of aryl methyl sites for hydroxylation is 1. The van der Waals surface area contributed by atoms with Crippen LogP contribution in [0.4, 0.5) is 14.5 Å². The van der Waals surface area contributed by atoms with Gasteiger partial charge in [0.1, 0.15) is 34.7 Å². The zero-order chi connectivity index (χ0) is 30.7. The Hall–Kier alpha value is -4.28. The number of carbonyl (C=O) groups excluding carboxylic acids is 2. The Bertz CT molecular complexity index is 1560. The number of carbonyl (C=O) groups is 2. The van der Waals surface area contributed by atoms with Crippen LogP contribution in [-0.2, 0) is 29.4 Å². The topological polar surface area (TPSA) is 112 Å². The number of nitrogens with one attached hydrogen (secondary N) is 2. The van der Waals surface area contributed by atoms with Crippen molar-refractivity contribution in [3.8, 4) is 17.0 Å². The maximum atomic E-state index is 14.9. The summed E-state index contributed by atoms with van der Waals surface area (Å²) in [4.78, 5) is 43.4. The molecule has 1 aliphatic heterocycles. The van der Waals surface area contributed by atoms with Crippen LogP contribution in [0, 0.1) is 25.5 Å².